The third-order valence-electron chi connectivity index (χ3n) is 4.78. The molecule has 0 radical (unpaired) electrons. The summed E-state index contributed by atoms with van der Waals surface area (Å²) in [4.78, 5) is 25.5. The smallest absolute Gasteiger partial charge is 0.335 e. The van der Waals surface area contributed by atoms with Crippen LogP contribution in [0.15, 0.2) is 42.5 Å². The molecule has 4 rings (SSSR count). The van der Waals surface area contributed by atoms with Gasteiger partial charge < -0.3 is 15.2 Å². The average Bonchev–Trinajstić information content (AvgIpc) is 2.55. The molecular weight excluding hydrogens is 320 g/mol. The molecule has 128 valence electrons. The molecule has 2 aromatic rings. The van der Waals surface area contributed by atoms with Crippen LogP contribution in [0.4, 0.5) is 10.5 Å². The molecule has 2 bridgehead atoms. The average molecular weight is 338 g/mol. The molecule has 2 N–H and O–H groups in total. The van der Waals surface area contributed by atoms with Crippen molar-refractivity contribution in [2.45, 2.75) is 32.0 Å². The maximum absolute atomic E-state index is 12.8. The summed E-state index contributed by atoms with van der Waals surface area (Å²) in [6.45, 7) is 3.86. The maximum Gasteiger partial charge on any atom is 0.335 e. The lowest BCUT2D eigenvalue weighted by Gasteiger charge is -2.50. The number of hydrogen-bond donors (Lipinski definition) is 2. The molecule has 1 fully saturated rings. The number of carboxylic acids is 1. The molecule has 2 heterocycles. The van der Waals surface area contributed by atoms with Crippen LogP contribution in [0.25, 0.3) is 0 Å². The zero-order valence-electron chi connectivity index (χ0n) is 13.9. The number of amides is 2. The van der Waals surface area contributed by atoms with Crippen LogP contribution in [0.1, 0.15) is 40.9 Å². The van der Waals surface area contributed by atoms with Crippen molar-refractivity contribution in [1.29, 1.82) is 0 Å². The molecule has 0 spiro atoms. The number of urea groups is 1. The lowest BCUT2D eigenvalue weighted by atomic mass is 9.89. The molecule has 2 aromatic carbocycles. The fourth-order valence-electron chi connectivity index (χ4n) is 3.66. The minimum Gasteiger partial charge on any atom is -0.478 e. The number of aryl methyl sites for hydroxylation is 1. The predicted molar refractivity (Wildman–Crippen MR) is 92.0 cm³/mol. The molecule has 2 unspecified atom stereocenters. The van der Waals surface area contributed by atoms with Gasteiger partial charge in [0.1, 0.15) is 5.75 Å². The van der Waals surface area contributed by atoms with Gasteiger partial charge in [0.25, 0.3) is 0 Å². The van der Waals surface area contributed by atoms with Gasteiger partial charge in [-0.3, -0.25) is 4.90 Å². The number of benzene rings is 2. The van der Waals surface area contributed by atoms with E-state index in [2.05, 4.69) is 5.32 Å². The second-order valence-corrected chi connectivity index (χ2v) is 6.72. The molecule has 0 aromatic heterocycles. The highest BCUT2D eigenvalue weighted by molar-refractivity contribution is 5.97. The molecule has 1 saturated heterocycles. The number of ether oxygens (including phenoxy) is 1. The van der Waals surface area contributed by atoms with E-state index >= 15 is 0 Å². The predicted octanol–water partition coefficient (Wildman–Crippen LogP) is 3.46. The van der Waals surface area contributed by atoms with Gasteiger partial charge in [-0.25, -0.2) is 9.59 Å². The SMILES string of the molecule is Cc1ccc2c(c1)C1CC(C)(O2)N(c2cccc(C(=O)O)c2)C(=O)N1. The van der Waals surface area contributed by atoms with Gasteiger partial charge in [0.15, 0.2) is 5.72 Å². The van der Waals surface area contributed by atoms with Crippen molar-refractivity contribution in [3.63, 3.8) is 0 Å². The second-order valence-electron chi connectivity index (χ2n) is 6.72. The second kappa shape index (κ2) is 5.24. The van der Waals surface area contributed by atoms with Crippen molar-refractivity contribution in [2.24, 2.45) is 0 Å². The Bertz CT molecular complexity index is 895. The lowest BCUT2D eigenvalue weighted by molar-refractivity contribution is 0.0377. The molecule has 25 heavy (non-hydrogen) atoms. The summed E-state index contributed by atoms with van der Waals surface area (Å²) in [5.74, 6) is -0.295. The van der Waals surface area contributed by atoms with E-state index in [-0.39, 0.29) is 17.6 Å². The summed E-state index contributed by atoms with van der Waals surface area (Å²) in [6, 6.07) is 11.8. The highest BCUT2D eigenvalue weighted by Crippen LogP contribution is 2.45. The molecule has 2 amide bonds. The highest BCUT2D eigenvalue weighted by atomic mass is 16.5. The maximum atomic E-state index is 12.8. The van der Waals surface area contributed by atoms with Crippen molar-refractivity contribution in [1.82, 2.24) is 5.32 Å². The Kier molecular flexibility index (Phi) is 3.25. The Hall–Kier alpha value is -3.02. The van der Waals surface area contributed by atoms with Gasteiger partial charge in [-0.1, -0.05) is 23.8 Å². The van der Waals surface area contributed by atoms with Crippen molar-refractivity contribution in [2.75, 3.05) is 4.90 Å². The summed E-state index contributed by atoms with van der Waals surface area (Å²) in [5.41, 5.74) is 1.82. The number of anilines is 1. The van der Waals surface area contributed by atoms with Gasteiger partial charge in [0, 0.05) is 12.0 Å². The molecular formula is C19H18N2O4. The number of rotatable bonds is 2. The topological polar surface area (TPSA) is 78.9 Å². The van der Waals surface area contributed by atoms with E-state index in [0.29, 0.717) is 12.1 Å². The van der Waals surface area contributed by atoms with Crippen LogP contribution in [0.2, 0.25) is 0 Å². The van der Waals surface area contributed by atoms with Gasteiger partial charge in [-0.05, 0) is 38.1 Å². The van der Waals surface area contributed by atoms with E-state index in [1.807, 2.05) is 32.0 Å². The first-order chi connectivity index (χ1) is 11.9. The first-order valence-corrected chi connectivity index (χ1v) is 8.11. The summed E-state index contributed by atoms with van der Waals surface area (Å²) < 4.78 is 6.20. The fraction of sp³-hybridized carbons (Fsp3) is 0.263. The van der Waals surface area contributed by atoms with Gasteiger partial charge in [-0.15, -0.1) is 0 Å². The Labute approximate surface area is 145 Å². The van der Waals surface area contributed by atoms with Crippen LogP contribution in [-0.2, 0) is 0 Å². The van der Waals surface area contributed by atoms with E-state index < -0.39 is 11.7 Å². The third-order valence-corrected chi connectivity index (χ3v) is 4.78. The number of fused-ring (bicyclic) bond motifs is 4. The van der Waals surface area contributed by atoms with Crippen LogP contribution < -0.4 is 15.0 Å². The molecule has 0 aliphatic carbocycles. The van der Waals surface area contributed by atoms with Crippen molar-refractivity contribution >= 4 is 17.7 Å². The zero-order valence-corrected chi connectivity index (χ0v) is 13.9. The quantitative estimate of drug-likeness (QED) is 0.879. The van der Waals surface area contributed by atoms with Crippen LogP contribution in [-0.4, -0.2) is 22.8 Å². The first-order valence-electron chi connectivity index (χ1n) is 8.11. The van der Waals surface area contributed by atoms with Gasteiger partial charge in [0.05, 0.1) is 17.3 Å². The van der Waals surface area contributed by atoms with Crippen LogP contribution in [0.3, 0.4) is 0 Å². The fourth-order valence-corrected chi connectivity index (χ4v) is 3.66. The third kappa shape index (κ3) is 2.41. The monoisotopic (exact) mass is 338 g/mol. The van der Waals surface area contributed by atoms with E-state index in [1.165, 1.54) is 17.0 Å². The number of nitrogens with zero attached hydrogens (tertiary/aromatic N) is 1. The number of carbonyl (C=O) groups excluding carboxylic acids is 1. The highest BCUT2D eigenvalue weighted by Gasteiger charge is 2.49. The first kappa shape index (κ1) is 15.5. The zero-order chi connectivity index (χ0) is 17.8. The number of carbonyl (C=O) groups is 2. The van der Waals surface area contributed by atoms with Crippen molar-refractivity contribution in [3.05, 3.63) is 59.2 Å². The normalized spacial score (nSPS) is 24.2. The Morgan fingerprint density at radius 2 is 2.12 bits per heavy atom. The number of carboxylic acid groups (broad SMARTS) is 1. The minimum atomic E-state index is -1.03. The Morgan fingerprint density at radius 1 is 1.32 bits per heavy atom. The standard InChI is InChI=1S/C19H18N2O4/c1-11-6-7-16-14(8-11)15-10-19(2,25-16)21(18(24)20-15)13-5-3-4-12(9-13)17(22)23/h3-9,15H,10H2,1-2H3,(H,20,24)(H,22,23). The van der Waals surface area contributed by atoms with Crippen LogP contribution in [0, 0.1) is 6.92 Å². The molecule has 0 saturated carbocycles. The van der Waals surface area contributed by atoms with Crippen LogP contribution >= 0.6 is 0 Å². The van der Waals surface area contributed by atoms with Crippen molar-refractivity contribution in [3.8, 4) is 5.75 Å². The summed E-state index contributed by atoms with van der Waals surface area (Å²) in [6.07, 6.45) is 0.576. The summed E-state index contributed by atoms with van der Waals surface area (Å²) in [5, 5.41) is 12.2. The minimum absolute atomic E-state index is 0.125. The number of aromatic carboxylic acids is 1. The molecule has 6 heteroatoms. The molecule has 6 nitrogen and oxygen atoms in total. The van der Waals surface area contributed by atoms with E-state index in [9.17, 15) is 14.7 Å². The lowest BCUT2D eigenvalue weighted by Crippen LogP contribution is -2.65. The molecule has 2 atom stereocenters. The van der Waals surface area contributed by atoms with E-state index in [4.69, 9.17) is 4.74 Å². The van der Waals surface area contributed by atoms with Crippen LogP contribution in [0.5, 0.6) is 5.75 Å². The molecule has 2 aliphatic rings. The van der Waals surface area contributed by atoms with Crippen molar-refractivity contribution < 1.29 is 19.4 Å². The number of nitrogens with one attached hydrogen (secondary N) is 1. The van der Waals surface area contributed by atoms with E-state index in [0.717, 1.165) is 16.9 Å². The van der Waals surface area contributed by atoms with Gasteiger partial charge in [-0.2, -0.15) is 0 Å². The number of hydrogen-bond acceptors (Lipinski definition) is 3. The summed E-state index contributed by atoms with van der Waals surface area (Å²) >= 11 is 0. The summed E-state index contributed by atoms with van der Waals surface area (Å²) in [7, 11) is 0. The van der Waals surface area contributed by atoms with E-state index in [1.54, 1.807) is 12.1 Å². The Morgan fingerprint density at radius 3 is 2.88 bits per heavy atom. The van der Waals surface area contributed by atoms with Gasteiger partial charge in [0.2, 0.25) is 0 Å². The largest absolute Gasteiger partial charge is 0.478 e. The molecule has 2 aliphatic heterocycles. The van der Waals surface area contributed by atoms with Gasteiger partial charge >= 0.3 is 12.0 Å². The Balaban J connectivity index is 1.79.